The van der Waals surface area contributed by atoms with Gasteiger partial charge in [-0.2, -0.15) is 4.37 Å². The van der Waals surface area contributed by atoms with Crippen LogP contribution in [0.3, 0.4) is 0 Å². The fraction of sp³-hybridized carbons (Fsp3) is 0.250. The van der Waals surface area contributed by atoms with E-state index in [0.717, 1.165) is 12.2 Å². The predicted octanol–water partition coefficient (Wildman–Crippen LogP) is 5.66. The molecule has 0 unspecified atom stereocenters. The van der Waals surface area contributed by atoms with E-state index in [2.05, 4.69) is 61.5 Å². The molecule has 0 fully saturated rings. The summed E-state index contributed by atoms with van der Waals surface area (Å²) >= 11 is 1.54. The molecule has 2 nitrogen and oxygen atoms in total. The molecule has 0 radical (unpaired) electrons. The normalized spacial score (nSPS) is 10.8. The average Bonchev–Trinajstić information content (AvgIpc) is 3.07. The SMILES string of the molecule is CCc1ccc(-c2cnsc2-c2cc(C)c(C)c(OC)c2)cc1. The third kappa shape index (κ3) is 3.02. The zero-order chi connectivity index (χ0) is 16.4. The molecule has 0 amide bonds. The van der Waals surface area contributed by atoms with Crippen molar-refractivity contribution < 1.29 is 4.74 Å². The van der Waals surface area contributed by atoms with Crippen LogP contribution in [0.25, 0.3) is 21.6 Å². The predicted molar refractivity (Wildman–Crippen MR) is 98.4 cm³/mol. The highest BCUT2D eigenvalue weighted by atomic mass is 32.1. The van der Waals surface area contributed by atoms with Crippen LogP contribution in [0.15, 0.2) is 42.6 Å². The fourth-order valence-corrected chi connectivity index (χ4v) is 3.50. The van der Waals surface area contributed by atoms with E-state index in [1.54, 1.807) is 7.11 Å². The Morgan fingerprint density at radius 2 is 1.78 bits per heavy atom. The lowest BCUT2D eigenvalue weighted by atomic mass is 9.99. The highest BCUT2D eigenvalue weighted by molar-refractivity contribution is 7.10. The van der Waals surface area contributed by atoms with Gasteiger partial charge in [0, 0.05) is 11.8 Å². The molecule has 0 N–H and O–H groups in total. The lowest BCUT2D eigenvalue weighted by Crippen LogP contribution is -1.91. The van der Waals surface area contributed by atoms with E-state index in [1.165, 1.54) is 49.8 Å². The van der Waals surface area contributed by atoms with Gasteiger partial charge in [0.15, 0.2) is 0 Å². The molecule has 0 atom stereocenters. The molecule has 0 spiro atoms. The molecule has 1 aromatic heterocycles. The average molecular weight is 323 g/mol. The van der Waals surface area contributed by atoms with Gasteiger partial charge in [0.1, 0.15) is 5.75 Å². The van der Waals surface area contributed by atoms with Gasteiger partial charge < -0.3 is 4.74 Å². The van der Waals surface area contributed by atoms with Gasteiger partial charge in [-0.15, -0.1) is 0 Å². The van der Waals surface area contributed by atoms with Crippen LogP contribution in [0.5, 0.6) is 5.75 Å². The Morgan fingerprint density at radius 1 is 1.04 bits per heavy atom. The Kier molecular flexibility index (Phi) is 4.49. The minimum Gasteiger partial charge on any atom is -0.496 e. The molecule has 2 aromatic carbocycles. The van der Waals surface area contributed by atoms with Crippen molar-refractivity contribution in [1.82, 2.24) is 4.37 Å². The summed E-state index contributed by atoms with van der Waals surface area (Å²) in [6.07, 6.45) is 3.02. The van der Waals surface area contributed by atoms with Crippen LogP contribution in [0, 0.1) is 13.8 Å². The minimum absolute atomic E-state index is 0.931. The van der Waals surface area contributed by atoms with Gasteiger partial charge in [-0.1, -0.05) is 37.3 Å². The minimum atomic E-state index is 0.931. The van der Waals surface area contributed by atoms with Crippen LogP contribution in [0.2, 0.25) is 0 Å². The van der Waals surface area contributed by atoms with Crippen molar-refractivity contribution in [2.75, 3.05) is 7.11 Å². The zero-order valence-electron chi connectivity index (χ0n) is 14.0. The van der Waals surface area contributed by atoms with E-state index in [-0.39, 0.29) is 0 Å². The second-order valence-corrected chi connectivity index (χ2v) is 6.54. The maximum Gasteiger partial charge on any atom is 0.122 e. The Bertz CT molecular complexity index is 818. The number of aryl methyl sites for hydroxylation is 2. The van der Waals surface area contributed by atoms with Gasteiger partial charge in [0.2, 0.25) is 0 Å². The number of aromatic nitrogens is 1. The lowest BCUT2D eigenvalue weighted by Gasteiger charge is -2.11. The Morgan fingerprint density at radius 3 is 2.43 bits per heavy atom. The van der Waals surface area contributed by atoms with Crippen LogP contribution < -0.4 is 4.74 Å². The zero-order valence-corrected chi connectivity index (χ0v) is 14.8. The summed E-state index contributed by atoms with van der Waals surface area (Å²) in [7, 11) is 1.72. The second-order valence-electron chi connectivity index (χ2n) is 5.74. The highest BCUT2D eigenvalue weighted by Gasteiger charge is 2.13. The van der Waals surface area contributed by atoms with E-state index < -0.39 is 0 Å². The maximum atomic E-state index is 5.52. The number of hydrogen-bond donors (Lipinski definition) is 0. The quantitative estimate of drug-likeness (QED) is 0.617. The molecule has 0 aliphatic rings. The van der Waals surface area contributed by atoms with E-state index in [9.17, 15) is 0 Å². The third-order valence-electron chi connectivity index (χ3n) is 4.35. The topological polar surface area (TPSA) is 22.1 Å². The van der Waals surface area contributed by atoms with Crippen LogP contribution >= 0.6 is 11.5 Å². The summed E-state index contributed by atoms with van der Waals surface area (Å²) in [5.41, 5.74) is 7.34. The van der Waals surface area contributed by atoms with Crippen LogP contribution in [0.4, 0.5) is 0 Å². The number of methoxy groups -OCH3 is 1. The van der Waals surface area contributed by atoms with Crippen LogP contribution in [0.1, 0.15) is 23.6 Å². The monoisotopic (exact) mass is 323 g/mol. The van der Waals surface area contributed by atoms with Crippen LogP contribution in [-0.2, 0) is 6.42 Å². The van der Waals surface area contributed by atoms with E-state index in [1.807, 2.05) is 6.20 Å². The Hall–Kier alpha value is -2.13. The smallest absolute Gasteiger partial charge is 0.122 e. The van der Waals surface area contributed by atoms with Crippen molar-refractivity contribution in [3.8, 4) is 27.3 Å². The molecule has 118 valence electrons. The van der Waals surface area contributed by atoms with Crippen molar-refractivity contribution in [3.63, 3.8) is 0 Å². The highest BCUT2D eigenvalue weighted by Crippen LogP contribution is 2.38. The van der Waals surface area contributed by atoms with Crippen molar-refractivity contribution in [1.29, 1.82) is 0 Å². The largest absolute Gasteiger partial charge is 0.496 e. The number of benzene rings is 2. The number of ether oxygens (including phenoxy) is 1. The molecular weight excluding hydrogens is 302 g/mol. The number of hydrogen-bond acceptors (Lipinski definition) is 3. The molecule has 0 bridgehead atoms. The summed E-state index contributed by atoms with van der Waals surface area (Å²) in [6, 6.07) is 13.1. The van der Waals surface area contributed by atoms with Crippen molar-refractivity contribution in [3.05, 3.63) is 59.3 Å². The summed E-state index contributed by atoms with van der Waals surface area (Å²) in [4.78, 5) is 1.19. The molecule has 0 saturated heterocycles. The van der Waals surface area contributed by atoms with Gasteiger partial charge in [-0.3, -0.25) is 0 Å². The van der Waals surface area contributed by atoms with E-state index >= 15 is 0 Å². The number of nitrogens with zero attached hydrogens (tertiary/aromatic N) is 1. The second kappa shape index (κ2) is 6.55. The standard InChI is InChI=1S/C20H21NOS/c1-5-15-6-8-16(9-7-15)18-12-21-23-20(18)17-10-13(2)14(3)19(11-17)22-4/h6-12H,5H2,1-4H3. The number of rotatable bonds is 4. The first-order chi connectivity index (χ1) is 11.1. The van der Waals surface area contributed by atoms with Gasteiger partial charge in [-0.05, 0) is 65.7 Å². The van der Waals surface area contributed by atoms with Crippen molar-refractivity contribution in [2.24, 2.45) is 0 Å². The third-order valence-corrected chi connectivity index (χ3v) is 5.19. The molecule has 0 aliphatic heterocycles. The van der Waals surface area contributed by atoms with Gasteiger partial charge in [0.05, 0.1) is 12.0 Å². The molecule has 0 aliphatic carbocycles. The summed E-state index contributed by atoms with van der Waals surface area (Å²) in [5.74, 6) is 0.931. The Balaban J connectivity index is 2.09. The van der Waals surface area contributed by atoms with E-state index in [0.29, 0.717) is 0 Å². The van der Waals surface area contributed by atoms with Crippen molar-refractivity contribution >= 4 is 11.5 Å². The van der Waals surface area contributed by atoms with Crippen molar-refractivity contribution in [2.45, 2.75) is 27.2 Å². The summed E-state index contributed by atoms with van der Waals surface area (Å²) in [6.45, 7) is 6.39. The first-order valence-electron chi connectivity index (χ1n) is 7.83. The molecule has 3 heteroatoms. The molecule has 3 aromatic rings. The molecule has 23 heavy (non-hydrogen) atoms. The molecular formula is C20H21NOS. The maximum absolute atomic E-state index is 5.52. The van der Waals surface area contributed by atoms with Gasteiger partial charge >= 0.3 is 0 Å². The first kappa shape index (κ1) is 15.8. The molecule has 3 rings (SSSR count). The first-order valence-corrected chi connectivity index (χ1v) is 8.61. The van der Waals surface area contributed by atoms with Gasteiger partial charge in [0.25, 0.3) is 0 Å². The van der Waals surface area contributed by atoms with Gasteiger partial charge in [-0.25, -0.2) is 0 Å². The molecule has 1 heterocycles. The molecule has 0 saturated carbocycles. The van der Waals surface area contributed by atoms with Crippen LogP contribution in [-0.4, -0.2) is 11.5 Å². The lowest BCUT2D eigenvalue weighted by molar-refractivity contribution is 0.411. The van der Waals surface area contributed by atoms with E-state index in [4.69, 9.17) is 4.74 Å². The Labute approximate surface area is 141 Å². The summed E-state index contributed by atoms with van der Waals surface area (Å²) < 4.78 is 9.95. The fourth-order valence-electron chi connectivity index (χ4n) is 2.74. The summed E-state index contributed by atoms with van der Waals surface area (Å²) in [5, 5.41) is 0.